The van der Waals surface area contributed by atoms with Crippen molar-refractivity contribution >= 4 is 5.91 Å². The van der Waals surface area contributed by atoms with E-state index in [0.717, 1.165) is 11.3 Å². The highest BCUT2D eigenvalue weighted by molar-refractivity contribution is 5.80. The van der Waals surface area contributed by atoms with Gasteiger partial charge in [-0.2, -0.15) is 0 Å². The Bertz CT molecular complexity index is 293. The summed E-state index contributed by atoms with van der Waals surface area (Å²) in [5.74, 6) is -0.180. The van der Waals surface area contributed by atoms with E-state index in [-0.39, 0.29) is 5.91 Å². The van der Waals surface area contributed by atoms with E-state index in [2.05, 4.69) is 10.5 Å². The lowest BCUT2D eigenvalue weighted by atomic mass is 10.2. The van der Waals surface area contributed by atoms with Gasteiger partial charge in [-0.05, 0) is 13.8 Å². The molecule has 13 heavy (non-hydrogen) atoms. The quantitative estimate of drug-likeness (QED) is 0.688. The highest BCUT2D eigenvalue weighted by Gasteiger charge is 2.08. The van der Waals surface area contributed by atoms with Crippen LogP contribution in [-0.4, -0.2) is 17.1 Å². The molecule has 0 saturated heterocycles. The van der Waals surface area contributed by atoms with Crippen LogP contribution >= 0.6 is 0 Å². The van der Waals surface area contributed by atoms with Gasteiger partial charge in [-0.1, -0.05) is 5.16 Å². The molecule has 5 heteroatoms. The van der Waals surface area contributed by atoms with Gasteiger partial charge in [0.15, 0.2) is 0 Å². The van der Waals surface area contributed by atoms with Gasteiger partial charge in [0.2, 0.25) is 5.91 Å². The van der Waals surface area contributed by atoms with Crippen molar-refractivity contribution in [1.29, 1.82) is 0 Å². The number of carbonyl (C=O) groups is 1. The van der Waals surface area contributed by atoms with Crippen LogP contribution in [0.1, 0.15) is 18.2 Å². The molecule has 0 bridgehead atoms. The number of hydrogen-bond acceptors (Lipinski definition) is 4. The molecule has 3 N–H and O–H groups in total. The van der Waals surface area contributed by atoms with Gasteiger partial charge < -0.3 is 15.6 Å². The standard InChI is InChI=1S/C8H13N3O2/c1-5(9)8(12)10-3-7-4-13-11-6(7)2/h4-5H,3,9H2,1-2H3,(H,10,12)/t5-/m1/s1. The molecule has 0 unspecified atom stereocenters. The number of nitrogens with one attached hydrogen (secondary N) is 1. The second kappa shape index (κ2) is 4.04. The van der Waals surface area contributed by atoms with Gasteiger partial charge >= 0.3 is 0 Å². The van der Waals surface area contributed by atoms with Crippen LogP contribution in [-0.2, 0) is 11.3 Å². The smallest absolute Gasteiger partial charge is 0.236 e. The van der Waals surface area contributed by atoms with Gasteiger partial charge in [-0.3, -0.25) is 4.79 Å². The van der Waals surface area contributed by atoms with Gasteiger partial charge in [0, 0.05) is 12.1 Å². The number of nitrogens with two attached hydrogens (primary N) is 1. The van der Waals surface area contributed by atoms with Crippen LogP contribution in [0.5, 0.6) is 0 Å². The largest absolute Gasteiger partial charge is 0.364 e. The molecule has 1 aromatic heterocycles. The number of rotatable bonds is 3. The zero-order chi connectivity index (χ0) is 9.84. The van der Waals surface area contributed by atoms with Gasteiger partial charge in [0.1, 0.15) is 6.26 Å². The molecule has 0 aliphatic rings. The van der Waals surface area contributed by atoms with Gasteiger partial charge in [0.25, 0.3) is 0 Å². The third-order valence-electron chi connectivity index (χ3n) is 1.72. The van der Waals surface area contributed by atoms with Gasteiger partial charge in [-0.15, -0.1) is 0 Å². The Labute approximate surface area is 76.3 Å². The van der Waals surface area contributed by atoms with E-state index in [1.165, 1.54) is 6.26 Å². The summed E-state index contributed by atoms with van der Waals surface area (Å²) >= 11 is 0. The van der Waals surface area contributed by atoms with Crippen molar-refractivity contribution in [2.75, 3.05) is 0 Å². The molecular formula is C8H13N3O2. The van der Waals surface area contributed by atoms with Crippen molar-refractivity contribution in [3.63, 3.8) is 0 Å². The summed E-state index contributed by atoms with van der Waals surface area (Å²) in [6.07, 6.45) is 1.51. The molecule has 1 heterocycles. The molecule has 0 fully saturated rings. The normalized spacial score (nSPS) is 12.5. The molecule has 5 nitrogen and oxygen atoms in total. The summed E-state index contributed by atoms with van der Waals surface area (Å²) in [7, 11) is 0. The van der Waals surface area contributed by atoms with Crippen LogP contribution in [0.25, 0.3) is 0 Å². The van der Waals surface area contributed by atoms with Gasteiger partial charge in [0.05, 0.1) is 11.7 Å². The van der Waals surface area contributed by atoms with Crippen molar-refractivity contribution in [2.24, 2.45) is 5.73 Å². The first-order valence-corrected chi connectivity index (χ1v) is 4.04. The fourth-order valence-corrected chi connectivity index (χ4v) is 0.826. The first kappa shape index (κ1) is 9.73. The average molecular weight is 183 g/mol. The second-order valence-electron chi connectivity index (χ2n) is 2.93. The van der Waals surface area contributed by atoms with Crippen LogP contribution in [0.2, 0.25) is 0 Å². The molecule has 0 aliphatic heterocycles. The minimum Gasteiger partial charge on any atom is -0.364 e. The minimum atomic E-state index is -0.486. The van der Waals surface area contributed by atoms with E-state index < -0.39 is 6.04 Å². The summed E-state index contributed by atoms with van der Waals surface area (Å²) in [5, 5.41) is 6.34. The summed E-state index contributed by atoms with van der Waals surface area (Å²) in [5.41, 5.74) is 7.01. The van der Waals surface area contributed by atoms with Crippen LogP contribution in [0.4, 0.5) is 0 Å². The number of hydrogen-bond donors (Lipinski definition) is 2. The van der Waals surface area contributed by atoms with Crippen molar-refractivity contribution < 1.29 is 9.32 Å². The summed E-state index contributed by atoms with van der Waals surface area (Å²) in [6.45, 7) is 3.86. The molecule has 0 aliphatic carbocycles. The first-order valence-electron chi connectivity index (χ1n) is 4.04. The fourth-order valence-electron chi connectivity index (χ4n) is 0.826. The Morgan fingerprint density at radius 1 is 1.85 bits per heavy atom. The molecule has 0 radical (unpaired) electrons. The van der Waals surface area contributed by atoms with Crippen LogP contribution < -0.4 is 11.1 Å². The van der Waals surface area contributed by atoms with Crippen LogP contribution in [0.15, 0.2) is 10.8 Å². The highest BCUT2D eigenvalue weighted by Crippen LogP contribution is 2.03. The maximum atomic E-state index is 11.1. The monoisotopic (exact) mass is 183 g/mol. The topological polar surface area (TPSA) is 81.2 Å². The van der Waals surface area contributed by atoms with Crippen molar-refractivity contribution in [2.45, 2.75) is 26.4 Å². The van der Waals surface area contributed by atoms with Gasteiger partial charge in [-0.25, -0.2) is 0 Å². The SMILES string of the molecule is Cc1nocc1CNC(=O)[C@@H](C)N. The Morgan fingerprint density at radius 2 is 2.54 bits per heavy atom. The van der Waals surface area contributed by atoms with Crippen molar-refractivity contribution in [3.05, 3.63) is 17.5 Å². The first-order chi connectivity index (χ1) is 6.11. The van der Waals surface area contributed by atoms with Crippen LogP contribution in [0, 0.1) is 6.92 Å². The number of amides is 1. The molecule has 1 rings (SSSR count). The van der Waals surface area contributed by atoms with Crippen molar-refractivity contribution in [3.8, 4) is 0 Å². The summed E-state index contributed by atoms with van der Waals surface area (Å²) in [6, 6.07) is -0.486. The van der Waals surface area contributed by atoms with E-state index in [1.807, 2.05) is 6.92 Å². The maximum Gasteiger partial charge on any atom is 0.236 e. The lowest BCUT2D eigenvalue weighted by Gasteiger charge is -2.05. The Balaban J connectivity index is 2.44. The second-order valence-corrected chi connectivity index (χ2v) is 2.93. The third-order valence-corrected chi connectivity index (χ3v) is 1.72. The average Bonchev–Trinajstić information content (AvgIpc) is 2.47. The Hall–Kier alpha value is -1.36. The number of carbonyl (C=O) groups excluding carboxylic acids is 1. The van der Waals surface area contributed by atoms with E-state index in [9.17, 15) is 4.79 Å². The summed E-state index contributed by atoms with van der Waals surface area (Å²) < 4.78 is 4.71. The van der Waals surface area contributed by atoms with E-state index in [4.69, 9.17) is 10.3 Å². The molecule has 0 saturated carbocycles. The predicted octanol–water partition coefficient (Wildman–Crippen LogP) is -0.0536. The summed E-state index contributed by atoms with van der Waals surface area (Å²) in [4.78, 5) is 11.1. The molecule has 0 aromatic carbocycles. The molecule has 0 spiro atoms. The molecule has 1 amide bonds. The molecule has 1 aromatic rings. The Morgan fingerprint density at radius 3 is 3.00 bits per heavy atom. The van der Waals surface area contributed by atoms with E-state index in [0.29, 0.717) is 6.54 Å². The van der Waals surface area contributed by atoms with Crippen molar-refractivity contribution in [1.82, 2.24) is 10.5 Å². The minimum absolute atomic E-state index is 0.180. The van der Waals surface area contributed by atoms with E-state index in [1.54, 1.807) is 6.92 Å². The molecule has 1 atom stereocenters. The third kappa shape index (κ3) is 2.55. The lowest BCUT2D eigenvalue weighted by molar-refractivity contribution is -0.122. The maximum absolute atomic E-state index is 11.1. The highest BCUT2D eigenvalue weighted by atomic mass is 16.5. The number of aromatic nitrogens is 1. The Kier molecular flexibility index (Phi) is 3.02. The fraction of sp³-hybridized carbons (Fsp3) is 0.500. The molecule has 72 valence electrons. The number of nitrogens with zero attached hydrogens (tertiary/aromatic N) is 1. The van der Waals surface area contributed by atoms with Crippen LogP contribution in [0.3, 0.4) is 0 Å². The van der Waals surface area contributed by atoms with E-state index >= 15 is 0 Å². The number of aryl methyl sites for hydroxylation is 1. The zero-order valence-electron chi connectivity index (χ0n) is 7.70. The predicted molar refractivity (Wildman–Crippen MR) is 46.7 cm³/mol. The lowest BCUT2D eigenvalue weighted by Crippen LogP contribution is -2.37. The zero-order valence-corrected chi connectivity index (χ0v) is 7.70. The molecular weight excluding hydrogens is 170 g/mol.